The summed E-state index contributed by atoms with van der Waals surface area (Å²) in [5.41, 5.74) is 2.41. The quantitative estimate of drug-likeness (QED) is 0.844. The summed E-state index contributed by atoms with van der Waals surface area (Å²) in [6, 6.07) is 7.66. The average molecular weight is 327 g/mol. The fraction of sp³-hybridized carbons (Fsp3) is 0.444. The highest BCUT2D eigenvalue weighted by molar-refractivity contribution is 5.95. The van der Waals surface area contributed by atoms with E-state index in [1.807, 2.05) is 47.0 Å². The molecule has 0 bridgehead atoms. The molecule has 6 heteroatoms. The van der Waals surface area contributed by atoms with Gasteiger partial charge < -0.3 is 14.4 Å². The third-order valence-electron chi connectivity index (χ3n) is 4.93. The van der Waals surface area contributed by atoms with Crippen molar-refractivity contribution >= 4 is 5.91 Å². The van der Waals surface area contributed by atoms with Gasteiger partial charge in [-0.3, -0.25) is 4.79 Å². The number of hydrogen-bond acceptors (Lipinski definition) is 4. The van der Waals surface area contributed by atoms with E-state index in [9.17, 15) is 4.79 Å². The summed E-state index contributed by atoms with van der Waals surface area (Å²) in [5, 5.41) is 4.26. The molecule has 1 aromatic carbocycles. The van der Waals surface area contributed by atoms with Crippen LogP contribution in [0, 0.1) is 6.92 Å². The maximum Gasteiger partial charge on any atom is 0.254 e. The summed E-state index contributed by atoms with van der Waals surface area (Å²) >= 11 is 0. The Morgan fingerprint density at radius 2 is 2.08 bits per heavy atom. The normalized spacial score (nSPS) is 23.8. The topological polar surface area (TPSA) is 56.6 Å². The maximum atomic E-state index is 13.1. The van der Waals surface area contributed by atoms with Crippen molar-refractivity contribution < 1.29 is 14.3 Å². The molecule has 0 saturated carbocycles. The number of aryl methyl sites for hydroxylation is 1. The van der Waals surface area contributed by atoms with Gasteiger partial charge in [0.25, 0.3) is 5.91 Å². The zero-order valence-corrected chi connectivity index (χ0v) is 13.8. The number of amides is 1. The second kappa shape index (κ2) is 6.03. The molecule has 3 heterocycles. The van der Waals surface area contributed by atoms with Crippen LogP contribution in [-0.4, -0.2) is 59.1 Å². The van der Waals surface area contributed by atoms with E-state index >= 15 is 0 Å². The first-order valence-corrected chi connectivity index (χ1v) is 8.28. The minimum absolute atomic E-state index is 0.0546. The van der Waals surface area contributed by atoms with E-state index in [4.69, 9.17) is 9.47 Å². The minimum atomic E-state index is -0.302. The Bertz CT molecular complexity index is 736. The van der Waals surface area contributed by atoms with Crippen molar-refractivity contribution in [1.29, 1.82) is 0 Å². The van der Waals surface area contributed by atoms with Gasteiger partial charge in [-0.1, -0.05) is 0 Å². The predicted molar refractivity (Wildman–Crippen MR) is 88.3 cm³/mol. The van der Waals surface area contributed by atoms with Crippen LogP contribution in [0.25, 0.3) is 5.69 Å². The molecule has 2 aliphatic rings. The van der Waals surface area contributed by atoms with Gasteiger partial charge in [-0.15, -0.1) is 0 Å². The van der Waals surface area contributed by atoms with Crippen molar-refractivity contribution in [2.45, 2.75) is 18.9 Å². The number of hydrogen-bond donors (Lipinski definition) is 0. The van der Waals surface area contributed by atoms with E-state index in [2.05, 4.69) is 5.10 Å². The molecular formula is C18H21N3O3. The molecule has 6 nitrogen and oxygen atoms in total. The number of ether oxygens (including phenoxy) is 2. The van der Waals surface area contributed by atoms with Crippen molar-refractivity contribution in [3.63, 3.8) is 0 Å². The van der Waals surface area contributed by atoms with Gasteiger partial charge in [-0.25, -0.2) is 4.68 Å². The molecule has 1 amide bonds. The molecule has 4 rings (SSSR count). The van der Waals surface area contributed by atoms with Crippen molar-refractivity contribution in [3.05, 3.63) is 47.8 Å². The van der Waals surface area contributed by atoms with Crippen LogP contribution in [0.5, 0.6) is 0 Å². The molecule has 2 aliphatic heterocycles. The van der Waals surface area contributed by atoms with E-state index < -0.39 is 0 Å². The fourth-order valence-corrected chi connectivity index (χ4v) is 3.59. The van der Waals surface area contributed by atoms with Gasteiger partial charge in [0.2, 0.25) is 0 Å². The number of benzene rings is 1. The van der Waals surface area contributed by atoms with E-state index in [0.29, 0.717) is 38.5 Å². The third kappa shape index (κ3) is 2.52. The molecule has 24 heavy (non-hydrogen) atoms. The van der Waals surface area contributed by atoms with E-state index in [-0.39, 0.29) is 11.4 Å². The summed E-state index contributed by atoms with van der Waals surface area (Å²) in [6.45, 7) is 5.00. The number of rotatable bonds is 2. The van der Waals surface area contributed by atoms with Gasteiger partial charge in [0.15, 0.2) is 0 Å². The zero-order valence-electron chi connectivity index (χ0n) is 13.8. The average Bonchev–Trinajstić information content (AvgIpc) is 3.27. The molecule has 2 fully saturated rings. The second-order valence-corrected chi connectivity index (χ2v) is 6.49. The lowest BCUT2D eigenvalue weighted by Crippen LogP contribution is -2.59. The first kappa shape index (κ1) is 15.4. The number of carbonyl (C=O) groups is 1. The number of morpholine rings is 1. The number of aromatic nitrogens is 2. The molecule has 1 spiro atoms. The van der Waals surface area contributed by atoms with Crippen LogP contribution < -0.4 is 0 Å². The van der Waals surface area contributed by atoms with Gasteiger partial charge in [-0.05, 0) is 43.2 Å². The molecule has 1 atom stereocenters. The van der Waals surface area contributed by atoms with Crippen LogP contribution in [0.15, 0.2) is 36.7 Å². The third-order valence-corrected chi connectivity index (χ3v) is 4.93. The fourth-order valence-electron chi connectivity index (χ4n) is 3.59. The van der Waals surface area contributed by atoms with Gasteiger partial charge >= 0.3 is 0 Å². The van der Waals surface area contributed by atoms with Gasteiger partial charge in [0.05, 0.1) is 31.0 Å². The van der Waals surface area contributed by atoms with Crippen LogP contribution in [0.1, 0.15) is 22.3 Å². The molecule has 1 aromatic heterocycles. The molecule has 126 valence electrons. The van der Waals surface area contributed by atoms with Gasteiger partial charge in [-0.2, -0.15) is 5.10 Å². The molecule has 2 saturated heterocycles. The van der Waals surface area contributed by atoms with Crippen molar-refractivity contribution in [3.8, 4) is 5.69 Å². The highest BCUT2D eigenvalue weighted by Crippen LogP contribution is 2.31. The highest BCUT2D eigenvalue weighted by Gasteiger charge is 2.45. The SMILES string of the molecule is Cc1cc(C(=O)N2CCOCC23CCOC3)ccc1-n1cccn1. The Kier molecular flexibility index (Phi) is 3.86. The number of carbonyl (C=O) groups excluding carboxylic acids is 1. The molecule has 0 radical (unpaired) electrons. The van der Waals surface area contributed by atoms with Crippen LogP contribution in [0.2, 0.25) is 0 Å². The maximum absolute atomic E-state index is 13.1. The Morgan fingerprint density at radius 3 is 2.79 bits per heavy atom. The Balaban J connectivity index is 1.63. The van der Waals surface area contributed by atoms with Crippen molar-refractivity contribution in [2.75, 3.05) is 33.0 Å². The molecule has 0 aliphatic carbocycles. The Morgan fingerprint density at radius 1 is 1.25 bits per heavy atom. The van der Waals surface area contributed by atoms with E-state index in [1.165, 1.54) is 0 Å². The van der Waals surface area contributed by atoms with E-state index in [1.54, 1.807) is 6.20 Å². The summed E-state index contributed by atoms with van der Waals surface area (Å²) in [4.78, 5) is 15.1. The lowest BCUT2D eigenvalue weighted by atomic mass is 9.94. The number of nitrogens with zero attached hydrogens (tertiary/aromatic N) is 3. The van der Waals surface area contributed by atoms with E-state index in [0.717, 1.165) is 17.7 Å². The standard InChI is InChI=1S/C18H21N3O3/c1-14-11-15(3-4-16(14)21-7-2-6-19-21)17(22)20-8-10-24-13-18(20)5-9-23-12-18/h2-4,6-7,11H,5,8-10,12-13H2,1H3. The lowest BCUT2D eigenvalue weighted by Gasteiger charge is -2.43. The summed E-state index contributed by atoms with van der Waals surface area (Å²) in [5.74, 6) is 0.0546. The zero-order chi connectivity index (χ0) is 16.6. The Labute approximate surface area is 141 Å². The van der Waals surface area contributed by atoms with Crippen LogP contribution in [-0.2, 0) is 9.47 Å². The van der Waals surface area contributed by atoms with Crippen LogP contribution >= 0.6 is 0 Å². The first-order valence-electron chi connectivity index (χ1n) is 8.28. The molecule has 1 unspecified atom stereocenters. The summed E-state index contributed by atoms with van der Waals surface area (Å²) in [6.07, 6.45) is 4.48. The van der Waals surface area contributed by atoms with Crippen molar-refractivity contribution in [1.82, 2.24) is 14.7 Å². The van der Waals surface area contributed by atoms with Gasteiger partial charge in [0.1, 0.15) is 0 Å². The molecule has 0 N–H and O–H groups in total. The summed E-state index contributed by atoms with van der Waals surface area (Å²) < 4.78 is 13.0. The van der Waals surface area contributed by atoms with Crippen LogP contribution in [0.3, 0.4) is 0 Å². The monoisotopic (exact) mass is 327 g/mol. The first-order chi connectivity index (χ1) is 11.7. The smallest absolute Gasteiger partial charge is 0.254 e. The predicted octanol–water partition coefficient (Wildman–Crippen LogP) is 1.81. The molecule has 2 aromatic rings. The minimum Gasteiger partial charge on any atom is -0.379 e. The molecular weight excluding hydrogens is 306 g/mol. The van der Waals surface area contributed by atoms with Crippen LogP contribution in [0.4, 0.5) is 0 Å². The summed E-state index contributed by atoms with van der Waals surface area (Å²) in [7, 11) is 0. The van der Waals surface area contributed by atoms with Gasteiger partial charge in [0, 0.05) is 31.1 Å². The lowest BCUT2D eigenvalue weighted by molar-refractivity contribution is -0.0551. The largest absolute Gasteiger partial charge is 0.379 e. The van der Waals surface area contributed by atoms with Crippen molar-refractivity contribution in [2.24, 2.45) is 0 Å². The highest BCUT2D eigenvalue weighted by atomic mass is 16.5. The Hall–Kier alpha value is -2.18. The second-order valence-electron chi connectivity index (χ2n) is 6.49.